The number of fused-ring (bicyclic) bond motifs is 1. The molecule has 0 radical (unpaired) electrons. The molecule has 1 heterocycles. The van der Waals surface area contributed by atoms with E-state index in [2.05, 4.69) is 4.98 Å². The van der Waals surface area contributed by atoms with Crippen molar-refractivity contribution in [3.05, 3.63) is 23.5 Å². The van der Waals surface area contributed by atoms with Gasteiger partial charge in [-0.3, -0.25) is 4.79 Å². The van der Waals surface area contributed by atoms with Crippen LogP contribution in [0.1, 0.15) is 28.9 Å². The molecule has 3 N–H and O–H groups in total. The van der Waals surface area contributed by atoms with Gasteiger partial charge >= 0.3 is 0 Å². The van der Waals surface area contributed by atoms with Crippen molar-refractivity contribution in [3.8, 4) is 0 Å². The third kappa shape index (κ3) is 1.52. The minimum atomic E-state index is 0.265. The van der Waals surface area contributed by atoms with Crippen molar-refractivity contribution < 1.29 is 4.79 Å². The van der Waals surface area contributed by atoms with Crippen molar-refractivity contribution in [3.63, 3.8) is 0 Å². The molecule has 0 spiro atoms. The van der Waals surface area contributed by atoms with E-state index in [0.29, 0.717) is 18.9 Å². The fourth-order valence-electron chi connectivity index (χ4n) is 2.01. The third-order valence-electron chi connectivity index (χ3n) is 2.67. The second kappa shape index (κ2) is 3.34. The Morgan fingerprint density at radius 3 is 3.15 bits per heavy atom. The molecule has 0 fully saturated rings. The Morgan fingerprint density at radius 1 is 1.54 bits per heavy atom. The number of Topliss-reactive ketones (excluding diaryl/α,β-unsaturated/α-hetero) is 1. The van der Waals surface area contributed by atoms with E-state index in [-0.39, 0.29) is 5.78 Å². The second-order valence-corrected chi connectivity index (χ2v) is 3.64. The van der Waals surface area contributed by atoms with Gasteiger partial charge in [-0.15, -0.1) is 0 Å². The molecule has 0 aromatic carbocycles. The zero-order valence-corrected chi connectivity index (χ0v) is 7.55. The third-order valence-corrected chi connectivity index (χ3v) is 2.67. The zero-order chi connectivity index (χ0) is 9.26. The number of hydrogen-bond acceptors (Lipinski definition) is 2. The Balaban J connectivity index is 2.19. The van der Waals surface area contributed by atoms with Crippen LogP contribution in [-0.2, 0) is 6.42 Å². The van der Waals surface area contributed by atoms with E-state index in [0.717, 1.165) is 24.1 Å². The van der Waals surface area contributed by atoms with Crippen molar-refractivity contribution in [1.82, 2.24) is 4.98 Å². The number of nitrogens with two attached hydrogens (primary N) is 1. The summed E-state index contributed by atoms with van der Waals surface area (Å²) in [6, 6.07) is 1.87. The number of aromatic amines is 1. The highest BCUT2D eigenvalue weighted by Crippen LogP contribution is 2.25. The van der Waals surface area contributed by atoms with Crippen LogP contribution in [0, 0.1) is 5.92 Å². The van der Waals surface area contributed by atoms with Crippen LogP contribution in [0.5, 0.6) is 0 Å². The molecule has 0 saturated heterocycles. The minimum absolute atomic E-state index is 0.265. The maximum Gasteiger partial charge on any atom is 0.164 e. The quantitative estimate of drug-likeness (QED) is 0.712. The SMILES string of the molecule is NCCC1CC(=O)c2cc[nH]c2C1. The van der Waals surface area contributed by atoms with Gasteiger partial charge in [0.1, 0.15) is 0 Å². The van der Waals surface area contributed by atoms with Crippen LogP contribution in [-0.4, -0.2) is 17.3 Å². The van der Waals surface area contributed by atoms with Gasteiger partial charge in [-0.2, -0.15) is 0 Å². The Kier molecular flexibility index (Phi) is 2.19. The molecule has 3 nitrogen and oxygen atoms in total. The lowest BCUT2D eigenvalue weighted by molar-refractivity contribution is 0.0947. The Bertz CT molecular complexity index is 316. The second-order valence-electron chi connectivity index (χ2n) is 3.64. The smallest absolute Gasteiger partial charge is 0.164 e. The molecule has 1 aliphatic carbocycles. The van der Waals surface area contributed by atoms with Gasteiger partial charge in [0, 0.05) is 23.9 Å². The molecule has 1 aliphatic rings. The number of rotatable bonds is 2. The van der Waals surface area contributed by atoms with Crippen molar-refractivity contribution in [2.45, 2.75) is 19.3 Å². The van der Waals surface area contributed by atoms with E-state index in [1.54, 1.807) is 0 Å². The monoisotopic (exact) mass is 178 g/mol. The summed E-state index contributed by atoms with van der Waals surface area (Å²) in [4.78, 5) is 14.7. The minimum Gasteiger partial charge on any atom is -0.364 e. The van der Waals surface area contributed by atoms with Gasteiger partial charge in [-0.25, -0.2) is 0 Å². The fraction of sp³-hybridized carbons (Fsp3) is 0.500. The molecule has 0 aliphatic heterocycles. The van der Waals surface area contributed by atoms with Gasteiger partial charge < -0.3 is 10.7 Å². The van der Waals surface area contributed by atoms with Crippen LogP contribution in [0.15, 0.2) is 12.3 Å². The maximum atomic E-state index is 11.6. The van der Waals surface area contributed by atoms with E-state index in [1.165, 1.54) is 0 Å². The number of H-pyrrole nitrogens is 1. The lowest BCUT2D eigenvalue weighted by atomic mass is 9.85. The number of hydrogen-bond donors (Lipinski definition) is 2. The average molecular weight is 178 g/mol. The van der Waals surface area contributed by atoms with Gasteiger partial charge in [0.25, 0.3) is 0 Å². The Labute approximate surface area is 77.3 Å². The van der Waals surface area contributed by atoms with Crippen molar-refractivity contribution >= 4 is 5.78 Å². The molecular weight excluding hydrogens is 164 g/mol. The van der Waals surface area contributed by atoms with E-state index >= 15 is 0 Å². The number of aromatic nitrogens is 1. The fourth-order valence-corrected chi connectivity index (χ4v) is 2.01. The van der Waals surface area contributed by atoms with Gasteiger partial charge in [0.05, 0.1) is 0 Å². The first-order valence-corrected chi connectivity index (χ1v) is 4.70. The first-order valence-electron chi connectivity index (χ1n) is 4.70. The summed E-state index contributed by atoms with van der Waals surface area (Å²) in [5, 5.41) is 0. The van der Waals surface area contributed by atoms with Crippen LogP contribution in [0.25, 0.3) is 0 Å². The summed E-state index contributed by atoms with van der Waals surface area (Å²) >= 11 is 0. The molecule has 0 bridgehead atoms. The largest absolute Gasteiger partial charge is 0.364 e. The molecule has 1 aromatic heterocycles. The summed E-state index contributed by atoms with van der Waals surface area (Å²) in [5.74, 6) is 0.713. The highest BCUT2D eigenvalue weighted by molar-refractivity contribution is 5.98. The molecule has 3 heteroatoms. The number of carbonyl (C=O) groups is 1. The van der Waals surface area contributed by atoms with Gasteiger partial charge in [-0.1, -0.05) is 0 Å². The summed E-state index contributed by atoms with van der Waals surface area (Å²) in [7, 11) is 0. The molecule has 1 atom stereocenters. The van der Waals surface area contributed by atoms with E-state index in [1.807, 2.05) is 12.3 Å². The van der Waals surface area contributed by atoms with Crippen LogP contribution >= 0.6 is 0 Å². The lowest BCUT2D eigenvalue weighted by Gasteiger charge is -2.20. The molecule has 70 valence electrons. The van der Waals surface area contributed by atoms with Crippen LogP contribution in [0.2, 0.25) is 0 Å². The number of carbonyl (C=O) groups excluding carboxylic acids is 1. The highest BCUT2D eigenvalue weighted by atomic mass is 16.1. The average Bonchev–Trinajstić information content (AvgIpc) is 2.53. The Morgan fingerprint density at radius 2 is 2.38 bits per heavy atom. The maximum absolute atomic E-state index is 11.6. The summed E-state index contributed by atoms with van der Waals surface area (Å²) < 4.78 is 0. The first-order chi connectivity index (χ1) is 6.31. The van der Waals surface area contributed by atoms with Crippen molar-refractivity contribution in [2.24, 2.45) is 11.7 Å². The van der Waals surface area contributed by atoms with Gasteiger partial charge in [0.2, 0.25) is 0 Å². The van der Waals surface area contributed by atoms with Gasteiger partial charge in [-0.05, 0) is 31.4 Å². The molecule has 13 heavy (non-hydrogen) atoms. The highest BCUT2D eigenvalue weighted by Gasteiger charge is 2.24. The van der Waals surface area contributed by atoms with Crippen molar-refractivity contribution in [2.75, 3.05) is 6.54 Å². The van der Waals surface area contributed by atoms with Crippen LogP contribution in [0.4, 0.5) is 0 Å². The normalized spacial score (nSPS) is 21.6. The molecule has 2 rings (SSSR count). The molecular formula is C10H14N2O. The molecule has 1 unspecified atom stereocenters. The molecule has 0 saturated carbocycles. The van der Waals surface area contributed by atoms with E-state index in [9.17, 15) is 4.79 Å². The number of nitrogens with one attached hydrogen (secondary N) is 1. The van der Waals surface area contributed by atoms with Gasteiger partial charge in [0.15, 0.2) is 5.78 Å². The standard InChI is InChI=1S/C10H14N2O/c11-3-1-7-5-9-8(2-4-12-9)10(13)6-7/h2,4,7,12H,1,3,5-6,11H2. The summed E-state index contributed by atoms with van der Waals surface area (Å²) in [5.41, 5.74) is 7.45. The molecule has 0 amide bonds. The Hall–Kier alpha value is -1.09. The topological polar surface area (TPSA) is 58.9 Å². The van der Waals surface area contributed by atoms with Crippen LogP contribution in [0.3, 0.4) is 0 Å². The first kappa shape index (κ1) is 8.51. The summed E-state index contributed by atoms with van der Waals surface area (Å²) in [6.07, 6.45) is 4.44. The predicted octanol–water partition coefficient (Wildman–Crippen LogP) is 1.11. The van der Waals surface area contributed by atoms with E-state index < -0.39 is 0 Å². The van der Waals surface area contributed by atoms with Crippen LogP contribution < -0.4 is 5.73 Å². The number of ketones is 1. The molecule has 1 aromatic rings. The van der Waals surface area contributed by atoms with Crippen molar-refractivity contribution in [1.29, 1.82) is 0 Å². The zero-order valence-electron chi connectivity index (χ0n) is 7.55. The summed E-state index contributed by atoms with van der Waals surface area (Å²) in [6.45, 7) is 0.675. The van der Waals surface area contributed by atoms with E-state index in [4.69, 9.17) is 5.73 Å². The predicted molar refractivity (Wildman–Crippen MR) is 50.6 cm³/mol. The lowest BCUT2D eigenvalue weighted by Crippen LogP contribution is -2.21.